The molecule has 0 fully saturated rings. The molecular formula is C19H20N2O3. The monoisotopic (exact) mass is 324 g/mol. The molecule has 1 heterocycles. The predicted octanol–water partition coefficient (Wildman–Crippen LogP) is 3.14. The first-order valence-corrected chi connectivity index (χ1v) is 7.94. The number of anilines is 2. The number of fused-ring (bicyclic) bond motifs is 1. The second-order valence-electron chi connectivity index (χ2n) is 5.98. The maximum absolute atomic E-state index is 12.9. The molecule has 2 aromatic rings. The van der Waals surface area contributed by atoms with Crippen LogP contribution in [-0.2, 0) is 9.59 Å². The quantitative estimate of drug-likeness (QED) is 0.883. The summed E-state index contributed by atoms with van der Waals surface area (Å²) in [6.07, 6.45) is 0. The summed E-state index contributed by atoms with van der Waals surface area (Å²) in [7, 11) is 0. The molecule has 1 aliphatic rings. The lowest BCUT2D eigenvalue weighted by Crippen LogP contribution is -2.60. The van der Waals surface area contributed by atoms with E-state index in [9.17, 15) is 9.59 Å². The van der Waals surface area contributed by atoms with Crippen molar-refractivity contribution in [3.8, 4) is 5.75 Å². The van der Waals surface area contributed by atoms with Gasteiger partial charge in [-0.15, -0.1) is 0 Å². The number of nitrogens with zero attached hydrogens (tertiary/aromatic N) is 1. The minimum atomic E-state index is -1.60. The molecule has 24 heavy (non-hydrogen) atoms. The Morgan fingerprint density at radius 3 is 2.67 bits per heavy atom. The van der Waals surface area contributed by atoms with Crippen LogP contribution in [0.1, 0.15) is 19.4 Å². The molecule has 0 saturated carbocycles. The zero-order valence-electron chi connectivity index (χ0n) is 14.0. The molecule has 0 aliphatic carbocycles. The van der Waals surface area contributed by atoms with Crippen molar-refractivity contribution in [1.29, 1.82) is 0 Å². The number of amides is 2. The normalized spacial score (nSPS) is 19.5. The zero-order chi connectivity index (χ0) is 17.3. The number of aryl methyl sites for hydroxylation is 1. The third-order valence-corrected chi connectivity index (χ3v) is 4.15. The van der Waals surface area contributed by atoms with Crippen molar-refractivity contribution in [3.63, 3.8) is 0 Å². The van der Waals surface area contributed by atoms with E-state index in [0.29, 0.717) is 23.7 Å². The molecule has 0 radical (unpaired) electrons. The Balaban J connectivity index is 1.94. The van der Waals surface area contributed by atoms with Crippen LogP contribution in [0.3, 0.4) is 0 Å². The Morgan fingerprint density at radius 1 is 1.21 bits per heavy atom. The largest absolute Gasteiger partial charge is 0.465 e. The first kappa shape index (κ1) is 16.1. The Kier molecular flexibility index (Phi) is 4.01. The van der Waals surface area contributed by atoms with Gasteiger partial charge in [0.25, 0.3) is 17.4 Å². The number of para-hydroxylation sites is 2. The van der Waals surface area contributed by atoms with E-state index < -0.39 is 11.5 Å². The van der Waals surface area contributed by atoms with Crippen molar-refractivity contribution >= 4 is 23.2 Å². The molecule has 3 rings (SSSR count). The maximum Gasteiger partial charge on any atom is 0.280 e. The number of likely N-dealkylation sites (N-methyl/N-ethyl adjacent to an activating group) is 1. The number of rotatable bonds is 3. The van der Waals surface area contributed by atoms with Gasteiger partial charge >= 0.3 is 0 Å². The van der Waals surface area contributed by atoms with Gasteiger partial charge < -0.3 is 15.0 Å². The summed E-state index contributed by atoms with van der Waals surface area (Å²) in [4.78, 5) is 27.3. The van der Waals surface area contributed by atoms with Crippen LogP contribution < -0.4 is 15.0 Å². The van der Waals surface area contributed by atoms with Gasteiger partial charge in [-0.1, -0.05) is 24.3 Å². The number of hydrogen-bond acceptors (Lipinski definition) is 3. The van der Waals surface area contributed by atoms with Crippen LogP contribution in [0.2, 0.25) is 0 Å². The van der Waals surface area contributed by atoms with Crippen molar-refractivity contribution in [3.05, 3.63) is 54.1 Å². The van der Waals surface area contributed by atoms with Crippen LogP contribution in [0.4, 0.5) is 11.4 Å². The van der Waals surface area contributed by atoms with E-state index >= 15 is 0 Å². The van der Waals surface area contributed by atoms with Gasteiger partial charge in [-0.2, -0.15) is 0 Å². The molecule has 1 unspecified atom stereocenters. The maximum atomic E-state index is 12.9. The SMILES string of the molecule is CCN1C(=O)C(C)(C(=O)Nc2cccc(C)c2)Oc2ccccc21. The molecule has 5 heteroatoms. The minimum Gasteiger partial charge on any atom is -0.465 e. The Hall–Kier alpha value is -2.82. The molecule has 1 atom stereocenters. The third-order valence-electron chi connectivity index (χ3n) is 4.15. The van der Waals surface area contributed by atoms with Crippen LogP contribution >= 0.6 is 0 Å². The van der Waals surface area contributed by atoms with Crippen LogP contribution in [0, 0.1) is 6.92 Å². The molecule has 0 spiro atoms. The summed E-state index contributed by atoms with van der Waals surface area (Å²) in [5, 5.41) is 2.79. The molecule has 124 valence electrons. The number of carbonyl (C=O) groups excluding carboxylic acids is 2. The summed E-state index contributed by atoms with van der Waals surface area (Å²) < 4.78 is 5.82. The highest BCUT2D eigenvalue weighted by Gasteiger charge is 2.50. The van der Waals surface area contributed by atoms with Gasteiger partial charge in [-0.3, -0.25) is 9.59 Å². The van der Waals surface area contributed by atoms with E-state index in [4.69, 9.17) is 4.74 Å². The van der Waals surface area contributed by atoms with Gasteiger partial charge in [-0.05, 0) is 50.6 Å². The van der Waals surface area contributed by atoms with Crippen LogP contribution in [0.25, 0.3) is 0 Å². The Bertz CT molecular complexity index is 803. The van der Waals surface area contributed by atoms with Crippen LogP contribution in [0.5, 0.6) is 5.75 Å². The molecule has 2 aromatic carbocycles. The van der Waals surface area contributed by atoms with Crippen LogP contribution in [0.15, 0.2) is 48.5 Å². The molecular weight excluding hydrogens is 304 g/mol. The van der Waals surface area contributed by atoms with Crippen molar-refractivity contribution < 1.29 is 14.3 Å². The topological polar surface area (TPSA) is 58.6 Å². The van der Waals surface area contributed by atoms with Crippen molar-refractivity contribution in [2.24, 2.45) is 0 Å². The highest BCUT2D eigenvalue weighted by molar-refractivity contribution is 6.19. The summed E-state index contributed by atoms with van der Waals surface area (Å²) in [6, 6.07) is 14.7. The molecule has 5 nitrogen and oxygen atoms in total. The average Bonchev–Trinajstić information content (AvgIpc) is 2.56. The third kappa shape index (κ3) is 2.62. The van der Waals surface area contributed by atoms with Crippen molar-refractivity contribution in [2.45, 2.75) is 26.4 Å². The second kappa shape index (κ2) is 6.00. The molecule has 0 aromatic heterocycles. The van der Waals surface area contributed by atoms with E-state index in [1.165, 1.54) is 6.92 Å². The fourth-order valence-corrected chi connectivity index (χ4v) is 2.83. The average molecular weight is 324 g/mol. The first-order chi connectivity index (χ1) is 11.5. The highest BCUT2D eigenvalue weighted by Crippen LogP contribution is 2.37. The van der Waals surface area contributed by atoms with E-state index in [-0.39, 0.29) is 5.91 Å². The number of carbonyl (C=O) groups is 2. The molecule has 0 bridgehead atoms. The van der Waals surface area contributed by atoms with Gasteiger partial charge in [0, 0.05) is 12.2 Å². The van der Waals surface area contributed by atoms with Gasteiger partial charge in [0.2, 0.25) is 0 Å². The highest BCUT2D eigenvalue weighted by atomic mass is 16.5. The minimum absolute atomic E-state index is 0.367. The standard InChI is InChI=1S/C19H20N2O3/c1-4-21-15-10-5-6-11-16(15)24-19(3,18(21)23)17(22)20-14-9-7-8-13(2)12-14/h5-12H,4H2,1-3H3,(H,20,22). The summed E-state index contributed by atoms with van der Waals surface area (Å²) in [6.45, 7) is 5.79. The van der Waals surface area contributed by atoms with Gasteiger partial charge in [-0.25, -0.2) is 0 Å². The lowest BCUT2D eigenvalue weighted by Gasteiger charge is -2.39. The van der Waals surface area contributed by atoms with Gasteiger partial charge in [0.05, 0.1) is 5.69 Å². The van der Waals surface area contributed by atoms with E-state index in [0.717, 1.165) is 5.56 Å². The lowest BCUT2D eigenvalue weighted by atomic mass is 9.99. The number of nitrogens with one attached hydrogen (secondary N) is 1. The fourth-order valence-electron chi connectivity index (χ4n) is 2.83. The van der Waals surface area contributed by atoms with Crippen molar-refractivity contribution in [2.75, 3.05) is 16.8 Å². The van der Waals surface area contributed by atoms with Gasteiger partial charge in [0.1, 0.15) is 5.75 Å². The fraction of sp³-hybridized carbons (Fsp3) is 0.263. The predicted molar refractivity (Wildman–Crippen MR) is 93.3 cm³/mol. The summed E-state index contributed by atoms with van der Waals surface area (Å²) >= 11 is 0. The van der Waals surface area contributed by atoms with Gasteiger partial charge in [0.15, 0.2) is 0 Å². The second-order valence-corrected chi connectivity index (χ2v) is 5.98. The molecule has 1 N–H and O–H groups in total. The van der Waals surface area contributed by atoms with Crippen molar-refractivity contribution in [1.82, 2.24) is 0 Å². The molecule has 2 amide bonds. The zero-order valence-corrected chi connectivity index (χ0v) is 14.0. The van der Waals surface area contributed by atoms with E-state index in [1.54, 1.807) is 17.0 Å². The van der Waals surface area contributed by atoms with E-state index in [2.05, 4.69) is 5.32 Å². The summed E-state index contributed by atoms with van der Waals surface area (Å²) in [5.41, 5.74) is 0.744. The molecule has 0 saturated heterocycles. The first-order valence-electron chi connectivity index (χ1n) is 7.94. The lowest BCUT2D eigenvalue weighted by molar-refractivity contribution is -0.145. The van der Waals surface area contributed by atoms with E-state index in [1.807, 2.05) is 50.2 Å². The Morgan fingerprint density at radius 2 is 1.96 bits per heavy atom. The molecule has 1 aliphatic heterocycles. The number of benzene rings is 2. The van der Waals surface area contributed by atoms with Crippen LogP contribution in [-0.4, -0.2) is 24.0 Å². The summed E-state index contributed by atoms with van der Waals surface area (Å²) in [5.74, 6) is -0.319. The Labute approximate surface area is 141 Å². The number of ether oxygens (including phenoxy) is 1. The number of hydrogen-bond donors (Lipinski definition) is 1. The smallest absolute Gasteiger partial charge is 0.280 e.